The van der Waals surface area contributed by atoms with E-state index in [4.69, 9.17) is 23.2 Å². The van der Waals surface area contributed by atoms with E-state index in [-0.39, 0.29) is 11.4 Å². The fraction of sp³-hybridized carbons (Fsp3) is 0.138. The van der Waals surface area contributed by atoms with E-state index in [0.717, 1.165) is 50.7 Å². The third kappa shape index (κ3) is 5.36. The van der Waals surface area contributed by atoms with E-state index in [9.17, 15) is 14.4 Å². The van der Waals surface area contributed by atoms with Crippen LogP contribution in [0.25, 0.3) is 17.0 Å². The van der Waals surface area contributed by atoms with Gasteiger partial charge in [-0.3, -0.25) is 19.3 Å². The summed E-state index contributed by atoms with van der Waals surface area (Å²) in [5.41, 5.74) is 4.26. The summed E-state index contributed by atoms with van der Waals surface area (Å²) in [7, 11) is 0. The zero-order chi connectivity index (χ0) is 26.8. The van der Waals surface area contributed by atoms with Crippen molar-refractivity contribution in [2.75, 3.05) is 11.9 Å². The fourth-order valence-electron chi connectivity index (χ4n) is 4.32. The number of thioether (sulfide) groups is 1. The highest BCUT2D eigenvalue weighted by molar-refractivity contribution is 8.18. The Hall–Kier alpha value is -3.52. The van der Waals surface area contributed by atoms with Gasteiger partial charge in [0.05, 0.1) is 11.4 Å². The minimum atomic E-state index is -0.498. The molecule has 1 aromatic heterocycles. The monoisotopic (exact) mass is 563 g/mol. The number of nitrogens with one attached hydrogen (secondary N) is 1. The Morgan fingerprint density at radius 2 is 1.68 bits per heavy atom. The fourth-order valence-corrected chi connectivity index (χ4v) is 5.67. The van der Waals surface area contributed by atoms with Gasteiger partial charge in [0, 0.05) is 44.0 Å². The van der Waals surface area contributed by atoms with Crippen LogP contribution >= 0.6 is 35.0 Å². The smallest absolute Gasteiger partial charge is 0.294 e. The normalized spacial score (nSPS) is 14.6. The van der Waals surface area contributed by atoms with Crippen molar-refractivity contribution in [3.05, 3.63) is 105 Å². The number of rotatable bonds is 7. The Morgan fingerprint density at radius 3 is 2.39 bits per heavy atom. The second-order valence-corrected chi connectivity index (χ2v) is 10.6. The van der Waals surface area contributed by atoms with Crippen LogP contribution in [0, 0.1) is 0 Å². The number of amides is 3. The van der Waals surface area contributed by atoms with Crippen LogP contribution in [-0.2, 0) is 22.6 Å². The first-order valence-electron chi connectivity index (χ1n) is 12.0. The van der Waals surface area contributed by atoms with Crippen molar-refractivity contribution in [3.63, 3.8) is 0 Å². The summed E-state index contributed by atoms with van der Waals surface area (Å²) in [5.74, 6) is -0.937. The molecule has 1 aliphatic rings. The number of imide groups is 1. The molecule has 0 saturated carbocycles. The van der Waals surface area contributed by atoms with Crippen LogP contribution < -0.4 is 5.32 Å². The molecule has 192 valence electrons. The number of fused-ring (bicyclic) bond motifs is 1. The Labute approximate surface area is 234 Å². The maximum absolute atomic E-state index is 13.1. The highest BCUT2D eigenvalue weighted by atomic mass is 35.5. The second kappa shape index (κ2) is 11.1. The maximum atomic E-state index is 13.1. The first kappa shape index (κ1) is 26.1. The molecule has 2 heterocycles. The minimum Gasteiger partial charge on any atom is -0.342 e. The molecule has 38 heavy (non-hydrogen) atoms. The van der Waals surface area contributed by atoms with Gasteiger partial charge in [0.1, 0.15) is 6.54 Å². The Kier molecular flexibility index (Phi) is 7.61. The lowest BCUT2D eigenvalue weighted by atomic mass is 10.1. The molecule has 3 amide bonds. The van der Waals surface area contributed by atoms with Crippen LogP contribution in [0.15, 0.2) is 77.8 Å². The first-order chi connectivity index (χ1) is 18.3. The predicted octanol–water partition coefficient (Wildman–Crippen LogP) is 7.23. The maximum Gasteiger partial charge on any atom is 0.294 e. The summed E-state index contributed by atoms with van der Waals surface area (Å²) in [6.07, 6.45) is 4.49. The van der Waals surface area contributed by atoms with Crippen molar-refractivity contribution in [2.45, 2.75) is 19.9 Å². The van der Waals surface area contributed by atoms with Gasteiger partial charge in [-0.25, -0.2) is 0 Å². The van der Waals surface area contributed by atoms with Gasteiger partial charge in [-0.15, -0.1) is 0 Å². The third-order valence-corrected chi connectivity index (χ3v) is 7.93. The molecule has 0 radical (unpaired) electrons. The lowest BCUT2D eigenvalue weighted by Crippen LogP contribution is -2.36. The van der Waals surface area contributed by atoms with Crippen LogP contribution in [0.3, 0.4) is 0 Å². The van der Waals surface area contributed by atoms with E-state index in [1.807, 2.05) is 54.1 Å². The molecule has 0 bridgehead atoms. The summed E-state index contributed by atoms with van der Waals surface area (Å²) in [6, 6.07) is 20.6. The Balaban J connectivity index is 1.37. The molecule has 1 saturated heterocycles. The lowest BCUT2D eigenvalue weighted by Gasteiger charge is -2.12. The highest BCUT2D eigenvalue weighted by Gasteiger charge is 2.36. The van der Waals surface area contributed by atoms with Crippen molar-refractivity contribution < 1.29 is 14.4 Å². The van der Waals surface area contributed by atoms with Gasteiger partial charge in [0.2, 0.25) is 5.91 Å². The second-order valence-electron chi connectivity index (χ2n) is 8.80. The van der Waals surface area contributed by atoms with Gasteiger partial charge >= 0.3 is 0 Å². The average molecular weight is 564 g/mol. The van der Waals surface area contributed by atoms with Crippen molar-refractivity contribution in [1.29, 1.82) is 0 Å². The number of hydrogen-bond donors (Lipinski definition) is 1. The van der Waals surface area contributed by atoms with E-state index < -0.39 is 17.1 Å². The number of anilines is 1. The summed E-state index contributed by atoms with van der Waals surface area (Å²) in [4.78, 5) is 39.6. The number of hydrogen-bond acceptors (Lipinski definition) is 4. The molecule has 3 aromatic carbocycles. The van der Waals surface area contributed by atoms with Gasteiger partial charge in [-0.1, -0.05) is 66.5 Å². The number of aryl methyl sites for hydroxylation is 1. The van der Waals surface area contributed by atoms with Gasteiger partial charge < -0.3 is 9.88 Å². The number of carbonyl (C=O) groups is 3. The van der Waals surface area contributed by atoms with Crippen LogP contribution in [0.2, 0.25) is 10.0 Å². The summed E-state index contributed by atoms with van der Waals surface area (Å²) in [6.45, 7) is 2.13. The van der Waals surface area contributed by atoms with E-state index in [0.29, 0.717) is 22.3 Å². The van der Waals surface area contributed by atoms with E-state index >= 15 is 0 Å². The molecular formula is C29H23Cl2N3O3S. The number of benzene rings is 3. The van der Waals surface area contributed by atoms with Crippen molar-refractivity contribution in [3.8, 4) is 0 Å². The molecule has 1 fully saturated rings. The lowest BCUT2D eigenvalue weighted by molar-refractivity contribution is -0.127. The Morgan fingerprint density at radius 1 is 0.974 bits per heavy atom. The zero-order valence-electron chi connectivity index (χ0n) is 20.4. The van der Waals surface area contributed by atoms with Crippen LogP contribution in [0.1, 0.15) is 23.6 Å². The number of para-hydroxylation sites is 1. The van der Waals surface area contributed by atoms with Crippen LogP contribution in [0.4, 0.5) is 10.5 Å². The van der Waals surface area contributed by atoms with E-state index in [2.05, 4.69) is 5.32 Å². The molecule has 0 unspecified atom stereocenters. The van der Waals surface area contributed by atoms with Crippen molar-refractivity contribution in [2.24, 2.45) is 0 Å². The molecule has 5 rings (SSSR count). The largest absolute Gasteiger partial charge is 0.342 e. The van der Waals surface area contributed by atoms with Crippen molar-refractivity contribution >= 4 is 74.7 Å². The molecule has 0 atom stereocenters. The van der Waals surface area contributed by atoms with Crippen molar-refractivity contribution in [1.82, 2.24) is 9.47 Å². The number of carbonyl (C=O) groups excluding carboxylic acids is 3. The van der Waals surface area contributed by atoms with E-state index in [1.54, 1.807) is 36.4 Å². The Bertz CT molecular complexity index is 1570. The standard InChI is InChI=1S/C29H23Cl2N3O3S/c1-2-18-10-12-20(13-11-18)32-27(35)17-34-28(36)26(38-29(34)37)14-19-15-33(25-9-4-3-6-21(19)25)16-22-23(30)7-5-8-24(22)31/h3-15H,2,16-17H2,1H3,(H,32,35)/b26-14-. The summed E-state index contributed by atoms with van der Waals surface area (Å²) in [5, 5.41) is 4.31. The van der Waals surface area contributed by atoms with Gasteiger partial charge in [-0.05, 0) is 60.2 Å². The SMILES string of the molecule is CCc1ccc(NC(=O)CN2C(=O)S/C(=C\c3cn(Cc4c(Cl)cccc4Cl)c4ccccc34)C2=O)cc1. The van der Waals surface area contributed by atoms with E-state index in [1.165, 1.54) is 0 Å². The molecule has 1 aliphatic heterocycles. The average Bonchev–Trinajstić information content (AvgIpc) is 3.38. The zero-order valence-corrected chi connectivity index (χ0v) is 22.7. The third-order valence-electron chi connectivity index (χ3n) is 6.32. The first-order valence-corrected chi connectivity index (χ1v) is 13.6. The minimum absolute atomic E-state index is 0.258. The number of nitrogens with zero attached hydrogens (tertiary/aromatic N) is 2. The molecule has 6 nitrogen and oxygen atoms in total. The molecule has 0 aliphatic carbocycles. The van der Waals surface area contributed by atoms with Gasteiger partial charge in [-0.2, -0.15) is 0 Å². The quantitative estimate of drug-likeness (QED) is 0.241. The van der Waals surface area contributed by atoms with Gasteiger partial charge in [0.15, 0.2) is 0 Å². The molecule has 4 aromatic rings. The summed E-state index contributed by atoms with van der Waals surface area (Å²) >= 11 is 13.6. The molecular weight excluding hydrogens is 541 g/mol. The number of aromatic nitrogens is 1. The highest BCUT2D eigenvalue weighted by Crippen LogP contribution is 2.35. The predicted molar refractivity (Wildman–Crippen MR) is 155 cm³/mol. The molecule has 9 heteroatoms. The van der Waals surface area contributed by atoms with Crippen LogP contribution in [0.5, 0.6) is 0 Å². The molecule has 0 spiro atoms. The summed E-state index contributed by atoms with van der Waals surface area (Å²) < 4.78 is 2.01. The number of halogens is 2. The van der Waals surface area contributed by atoms with Crippen LogP contribution in [-0.4, -0.2) is 33.1 Å². The molecule has 1 N–H and O–H groups in total. The topological polar surface area (TPSA) is 71.4 Å². The van der Waals surface area contributed by atoms with Gasteiger partial charge in [0.25, 0.3) is 11.1 Å².